The molecule has 1 unspecified atom stereocenters. The van der Waals surface area contributed by atoms with Gasteiger partial charge >= 0.3 is 0 Å². The highest BCUT2D eigenvalue weighted by Gasteiger charge is 2.22. The first-order valence-corrected chi connectivity index (χ1v) is 9.27. The van der Waals surface area contributed by atoms with E-state index >= 15 is 0 Å². The van der Waals surface area contributed by atoms with E-state index in [1.807, 2.05) is 49.4 Å². The van der Waals surface area contributed by atoms with E-state index in [4.69, 9.17) is 4.74 Å². The largest absolute Gasteiger partial charge is 0.488 e. The number of para-hydroxylation sites is 1. The number of amides is 1. The molecule has 2 aromatic carbocycles. The SMILES string of the molecule is CCNC(=NCc1ccc(C(=O)NC)cc1)NCC1Cc2ccccc2O1.I. The van der Waals surface area contributed by atoms with Crippen LogP contribution >= 0.6 is 24.0 Å². The van der Waals surface area contributed by atoms with E-state index in [1.54, 1.807) is 7.05 Å². The van der Waals surface area contributed by atoms with E-state index in [9.17, 15) is 4.79 Å². The number of carbonyl (C=O) groups is 1. The molecule has 0 radical (unpaired) electrons. The number of carbonyl (C=O) groups excluding carboxylic acids is 1. The number of hydrogen-bond acceptors (Lipinski definition) is 3. The summed E-state index contributed by atoms with van der Waals surface area (Å²) in [5.41, 5.74) is 2.94. The van der Waals surface area contributed by atoms with E-state index in [2.05, 4.69) is 27.0 Å². The van der Waals surface area contributed by atoms with Crippen molar-refractivity contribution in [2.24, 2.45) is 4.99 Å². The van der Waals surface area contributed by atoms with Crippen molar-refractivity contribution in [3.8, 4) is 5.75 Å². The lowest BCUT2D eigenvalue weighted by Gasteiger charge is -2.15. The van der Waals surface area contributed by atoms with Crippen LogP contribution in [0.1, 0.15) is 28.4 Å². The number of ether oxygens (including phenoxy) is 1. The topological polar surface area (TPSA) is 74.8 Å². The maximum absolute atomic E-state index is 11.6. The van der Waals surface area contributed by atoms with Gasteiger partial charge in [-0.3, -0.25) is 4.79 Å². The highest BCUT2D eigenvalue weighted by molar-refractivity contribution is 14.0. The monoisotopic (exact) mass is 494 g/mol. The van der Waals surface area contributed by atoms with Crippen molar-refractivity contribution < 1.29 is 9.53 Å². The van der Waals surface area contributed by atoms with Crippen LogP contribution in [0.4, 0.5) is 0 Å². The molecule has 2 aromatic rings. The third kappa shape index (κ3) is 5.85. The van der Waals surface area contributed by atoms with Crippen LogP contribution in [0, 0.1) is 0 Å². The Kier molecular flexibility index (Phi) is 8.56. The van der Waals surface area contributed by atoms with Crippen molar-refractivity contribution in [1.82, 2.24) is 16.0 Å². The van der Waals surface area contributed by atoms with Crippen LogP contribution in [-0.2, 0) is 13.0 Å². The average molecular weight is 494 g/mol. The Morgan fingerprint density at radius 2 is 1.89 bits per heavy atom. The van der Waals surface area contributed by atoms with E-state index in [0.717, 1.165) is 30.2 Å². The molecule has 6 nitrogen and oxygen atoms in total. The van der Waals surface area contributed by atoms with Gasteiger partial charge in [0.2, 0.25) is 0 Å². The van der Waals surface area contributed by atoms with Crippen LogP contribution in [0.3, 0.4) is 0 Å². The molecular formula is C21H27IN4O2. The molecule has 150 valence electrons. The standard InChI is InChI=1S/C21H26N4O2.HI/c1-3-23-21(24-13-15-8-10-16(11-9-15)20(26)22-2)25-14-18-12-17-6-4-5-7-19(17)27-18;/h4-11,18H,3,12-14H2,1-2H3,(H,22,26)(H2,23,24,25);1H. The van der Waals surface area contributed by atoms with E-state index in [-0.39, 0.29) is 36.0 Å². The van der Waals surface area contributed by atoms with Crippen molar-refractivity contribution in [3.05, 3.63) is 65.2 Å². The highest BCUT2D eigenvalue weighted by atomic mass is 127. The number of guanidine groups is 1. The molecule has 7 heteroatoms. The van der Waals surface area contributed by atoms with E-state index in [1.165, 1.54) is 5.56 Å². The van der Waals surface area contributed by atoms with Gasteiger partial charge in [-0.15, -0.1) is 24.0 Å². The number of nitrogens with zero attached hydrogens (tertiary/aromatic N) is 1. The molecule has 0 saturated carbocycles. The molecule has 0 spiro atoms. The second-order valence-corrected chi connectivity index (χ2v) is 6.40. The van der Waals surface area contributed by atoms with Crippen LogP contribution in [0.2, 0.25) is 0 Å². The predicted molar refractivity (Wildman–Crippen MR) is 123 cm³/mol. The number of halogens is 1. The van der Waals surface area contributed by atoms with E-state index < -0.39 is 0 Å². The molecule has 1 atom stereocenters. The summed E-state index contributed by atoms with van der Waals surface area (Å²) in [6, 6.07) is 15.6. The Bertz CT molecular complexity index is 783. The maximum Gasteiger partial charge on any atom is 0.251 e. The molecule has 0 fully saturated rings. The van der Waals surface area contributed by atoms with Crippen LogP contribution in [-0.4, -0.2) is 38.1 Å². The van der Waals surface area contributed by atoms with Gasteiger partial charge in [0.15, 0.2) is 5.96 Å². The fourth-order valence-corrected chi connectivity index (χ4v) is 3.00. The Balaban J connectivity index is 0.00000280. The first kappa shape index (κ1) is 22.0. The Hall–Kier alpha value is -2.29. The second kappa shape index (κ2) is 10.9. The Morgan fingerprint density at radius 3 is 2.57 bits per heavy atom. The first-order chi connectivity index (χ1) is 13.2. The van der Waals surface area contributed by atoms with Gasteiger partial charge in [0.1, 0.15) is 11.9 Å². The molecule has 1 heterocycles. The van der Waals surface area contributed by atoms with Gasteiger partial charge in [0.25, 0.3) is 5.91 Å². The molecule has 1 amide bonds. The van der Waals surface area contributed by atoms with Gasteiger partial charge in [0.05, 0.1) is 13.1 Å². The fourth-order valence-electron chi connectivity index (χ4n) is 3.00. The zero-order valence-corrected chi connectivity index (χ0v) is 18.5. The minimum Gasteiger partial charge on any atom is -0.488 e. The highest BCUT2D eigenvalue weighted by Crippen LogP contribution is 2.27. The van der Waals surface area contributed by atoms with Crippen LogP contribution in [0.15, 0.2) is 53.5 Å². The number of hydrogen-bond donors (Lipinski definition) is 3. The van der Waals surface area contributed by atoms with Gasteiger partial charge in [-0.2, -0.15) is 0 Å². The third-order valence-electron chi connectivity index (χ3n) is 4.42. The zero-order chi connectivity index (χ0) is 19.1. The average Bonchev–Trinajstić information content (AvgIpc) is 3.13. The number of benzene rings is 2. The maximum atomic E-state index is 11.6. The van der Waals surface area contributed by atoms with Crippen molar-refractivity contribution in [2.45, 2.75) is 26.0 Å². The van der Waals surface area contributed by atoms with Crippen LogP contribution in [0.5, 0.6) is 5.75 Å². The molecule has 3 rings (SSSR count). The summed E-state index contributed by atoms with van der Waals surface area (Å²) in [6.45, 7) is 4.05. The quantitative estimate of drug-likeness (QED) is 0.328. The van der Waals surface area contributed by atoms with Crippen molar-refractivity contribution in [2.75, 3.05) is 20.1 Å². The summed E-state index contributed by atoms with van der Waals surface area (Å²) >= 11 is 0. The molecule has 0 aliphatic carbocycles. The van der Waals surface area contributed by atoms with Crippen LogP contribution < -0.4 is 20.7 Å². The molecule has 28 heavy (non-hydrogen) atoms. The smallest absolute Gasteiger partial charge is 0.251 e. The molecular weight excluding hydrogens is 467 g/mol. The number of rotatable bonds is 6. The van der Waals surface area contributed by atoms with Crippen molar-refractivity contribution in [3.63, 3.8) is 0 Å². The minimum atomic E-state index is -0.0855. The third-order valence-corrected chi connectivity index (χ3v) is 4.42. The Labute approximate surface area is 183 Å². The van der Waals surface area contributed by atoms with E-state index in [0.29, 0.717) is 18.7 Å². The second-order valence-electron chi connectivity index (χ2n) is 6.40. The number of nitrogens with one attached hydrogen (secondary N) is 3. The van der Waals surface area contributed by atoms with Gasteiger partial charge in [0, 0.05) is 25.6 Å². The fraction of sp³-hybridized carbons (Fsp3) is 0.333. The summed E-state index contributed by atoms with van der Waals surface area (Å²) in [5, 5.41) is 9.23. The van der Waals surface area contributed by atoms with Crippen molar-refractivity contribution in [1.29, 1.82) is 0 Å². The van der Waals surface area contributed by atoms with Gasteiger partial charge in [-0.05, 0) is 36.2 Å². The molecule has 0 saturated heterocycles. The normalized spacial score (nSPS) is 15.1. The summed E-state index contributed by atoms with van der Waals surface area (Å²) in [5.74, 6) is 1.65. The summed E-state index contributed by atoms with van der Waals surface area (Å²) < 4.78 is 5.96. The zero-order valence-electron chi connectivity index (χ0n) is 16.2. The van der Waals surface area contributed by atoms with Gasteiger partial charge < -0.3 is 20.7 Å². The lowest BCUT2D eigenvalue weighted by molar-refractivity contribution is 0.0963. The molecule has 1 aliphatic rings. The molecule has 0 aromatic heterocycles. The molecule has 0 bridgehead atoms. The lowest BCUT2D eigenvalue weighted by atomic mass is 10.1. The van der Waals surface area contributed by atoms with Gasteiger partial charge in [-0.1, -0.05) is 30.3 Å². The predicted octanol–water partition coefficient (Wildman–Crippen LogP) is 2.72. The summed E-state index contributed by atoms with van der Waals surface area (Å²) in [6.07, 6.45) is 1.02. The summed E-state index contributed by atoms with van der Waals surface area (Å²) in [4.78, 5) is 16.2. The Morgan fingerprint density at radius 1 is 1.14 bits per heavy atom. The first-order valence-electron chi connectivity index (χ1n) is 9.27. The minimum absolute atomic E-state index is 0. The lowest BCUT2D eigenvalue weighted by Crippen LogP contribution is -2.42. The molecule has 1 aliphatic heterocycles. The summed E-state index contributed by atoms with van der Waals surface area (Å²) in [7, 11) is 1.63. The number of aliphatic imine (C=N–C) groups is 1. The van der Waals surface area contributed by atoms with Gasteiger partial charge in [-0.25, -0.2) is 4.99 Å². The number of fused-ring (bicyclic) bond motifs is 1. The molecule has 3 N–H and O–H groups in total. The van der Waals surface area contributed by atoms with Crippen LogP contribution in [0.25, 0.3) is 0 Å². The van der Waals surface area contributed by atoms with Crippen molar-refractivity contribution >= 4 is 35.8 Å².